The van der Waals surface area contributed by atoms with Crippen LogP contribution in [0.25, 0.3) is 0 Å². The number of hydrogen-bond acceptors (Lipinski definition) is 4. The zero-order valence-electron chi connectivity index (χ0n) is 14.2. The maximum atomic E-state index is 10.1. The van der Waals surface area contributed by atoms with Gasteiger partial charge in [-0.05, 0) is 30.0 Å². The van der Waals surface area contributed by atoms with Crippen molar-refractivity contribution < 1.29 is 9.85 Å². The molecular weight excluding hydrogens is 332 g/mol. The second kappa shape index (κ2) is 9.08. The van der Waals surface area contributed by atoms with Crippen molar-refractivity contribution in [1.82, 2.24) is 0 Å². The van der Waals surface area contributed by atoms with E-state index >= 15 is 0 Å². The van der Waals surface area contributed by atoms with Gasteiger partial charge in [0, 0.05) is 24.3 Å². The summed E-state index contributed by atoms with van der Waals surface area (Å²) in [6, 6.07) is 23.5. The Kier molecular flexibility index (Phi) is 6.56. The lowest BCUT2D eigenvalue weighted by molar-refractivity contribution is -0.389. The number of nitrogens with zero attached hydrogens (tertiary/aromatic N) is 2. The fraction of sp³-hybridized carbons (Fsp3) is 0.100. The molecule has 0 aromatic heterocycles. The fourth-order valence-electron chi connectivity index (χ4n) is 2.32. The first-order valence-corrected chi connectivity index (χ1v) is 7.94. The number of nitro benzene ring substituents is 2. The van der Waals surface area contributed by atoms with Crippen molar-refractivity contribution in [2.24, 2.45) is 0 Å². The molecule has 6 nitrogen and oxygen atoms in total. The topological polar surface area (TPSA) is 86.3 Å². The minimum Gasteiger partial charge on any atom is -0.258 e. The number of aryl methyl sites for hydroxylation is 1. The van der Waals surface area contributed by atoms with Crippen LogP contribution in [0.4, 0.5) is 11.4 Å². The molecule has 0 aliphatic carbocycles. The predicted molar refractivity (Wildman–Crippen MR) is 100 cm³/mol. The molecule has 3 rings (SSSR count). The van der Waals surface area contributed by atoms with E-state index in [0.717, 1.165) is 30.7 Å². The Labute approximate surface area is 151 Å². The third kappa shape index (κ3) is 5.52. The van der Waals surface area contributed by atoms with Gasteiger partial charge >= 0.3 is 0 Å². The first-order chi connectivity index (χ1) is 12.5. The van der Waals surface area contributed by atoms with Gasteiger partial charge in [0.2, 0.25) is 0 Å². The molecule has 0 unspecified atom stereocenters. The van der Waals surface area contributed by atoms with Crippen molar-refractivity contribution in [3.63, 3.8) is 0 Å². The lowest BCUT2D eigenvalue weighted by Gasteiger charge is -2.04. The van der Waals surface area contributed by atoms with Crippen LogP contribution >= 0.6 is 0 Å². The smallest absolute Gasteiger partial charge is 0.258 e. The van der Waals surface area contributed by atoms with Crippen LogP contribution in [-0.4, -0.2) is 9.85 Å². The van der Waals surface area contributed by atoms with Crippen LogP contribution in [0.15, 0.2) is 78.9 Å². The van der Waals surface area contributed by atoms with Gasteiger partial charge in [0.05, 0.1) is 9.85 Å². The Balaban J connectivity index is 0.000000190. The van der Waals surface area contributed by atoms with E-state index in [1.54, 1.807) is 0 Å². The zero-order valence-corrected chi connectivity index (χ0v) is 14.2. The monoisotopic (exact) mass is 350 g/mol. The molecule has 6 heteroatoms. The van der Waals surface area contributed by atoms with Gasteiger partial charge in [-0.25, -0.2) is 0 Å². The molecule has 0 fully saturated rings. The molecule has 3 aromatic rings. The molecule has 0 spiro atoms. The minimum absolute atomic E-state index is 0.152. The van der Waals surface area contributed by atoms with Crippen LogP contribution in [0.2, 0.25) is 0 Å². The van der Waals surface area contributed by atoms with Gasteiger partial charge in [0.1, 0.15) is 0 Å². The second-order valence-corrected chi connectivity index (χ2v) is 5.62. The number of non-ortho nitro benzene ring substituents is 2. The van der Waals surface area contributed by atoms with Crippen molar-refractivity contribution in [3.8, 4) is 0 Å². The van der Waals surface area contributed by atoms with E-state index in [2.05, 4.69) is 61.5 Å². The average molecular weight is 350 g/mol. The van der Waals surface area contributed by atoms with E-state index in [4.69, 9.17) is 0 Å². The Morgan fingerprint density at radius 3 is 1.62 bits per heavy atom. The molecule has 26 heavy (non-hydrogen) atoms. The molecule has 132 valence electrons. The highest BCUT2D eigenvalue weighted by molar-refractivity contribution is 5.39. The van der Waals surface area contributed by atoms with E-state index in [0.29, 0.717) is 0 Å². The van der Waals surface area contributed by atoms with Gasteiger partial charge in [-0.3, -0.25) is 20.2 Å². The summed E-state index contributed by atoms with van der Waals surface area (Å²) in [6.07, 6.45) is 1.04. The third-order valence-corrected chi connectivity index (χ3v) is 3.77. The highest BCUT2D eigenvalue weighted by atomic mass is 16.6. The first-order valence-electron chi connectivity index (χ1n) is 7.94. The maximum absolute atomic E-state index is 10.1. The number of benzene rings is 3. The number of rotatable bonds is 4. The van der Waals surface area contributed by atoms with Gasteiger partial charge < -0.3 is 0 Å². The normalized spacial score (nSPS) is 9.73. The van der Waals surface area contributed by atoms with Crippen LogP contribution in [0.3, 0.4) is 0 Å². The van der Waals surface area contributed by atoms with Gasteiger partial charge in [-0.1, -0.05) is 54.6 Å². The SMILES string of the molecule is Cc1ccccc1Cc1ccccc1.O=[N+]([O-])c1ccc([N+](=O)[O-])cc1. The zero-order chi connectivity index (χ0) is 18.9. The fourth-order valence-corrected chi connectivity index (χ4v) is 2.32. The summed E-state index contributed by atoms with van der Waals surface area (Å²) in [7, 11) is 0. The Bertz CT molecular complexity index is 845. The van der Waals surface area contributed by atoms with Gasteiger partial charge in [-0.2, -0.15) is 0 Å². The maximum Gasteiger partial charge on any atom is 0.269 e. The highest BCUT2D eigenvalue weighted by Crippen LogP contribution is 2.16. The Morgan fingerprint density at radius 2 is 1.15 bits per heavy atom. The molecule has 0 amide bonds. The second-order valence-electron chi connectivity index (χ2n) is 5.62. The molecule has 0 saturated heterocycles. The minimum atomic E-state index is -0.607. The van der Waals surface area contributed by atoms with Crippen molar-refractivity contribution >= 4 is 11.4 Å². The van der Waals surface area contributed by atoms with Crippen LogP contribution in [-0.2, 0) is 6.42 Å². The summed E-state index contributed by atoms with van der Waals surface area (Å²) in [5.74, 6) is 0. The molecule has 0 aliphatic rings. The Hall–Kier alpha value is -3.54. The van der Waals surface area contributed by atoms with Crippen LogP contribution in [0.1, 0.15) is 16.7 Å². The standard InChI is InChI=1S/C14H14.C6H4N2O4/c1-12-7-5-6-10-14(12)11-13-8-3-2-4-9-13;9-7(10)5-1-2-6(4-3-5)8(11)12/h2-10H,11H2,1H3;1-4H. The van der Waals surface area contributed by atoms with Crippen molar-refractivity contribution in [2.75, 3.05) is 0 Å². The Morgan fingerprint density at radius 1 is 0.692 bits per heavy atom. The van der Waals surface area contributed by atoms with Crippen LogP contribution in [0.5, 0.6) is 0 Å². The van der Waals surface area contributed by atoms with Crippen LogP contribution in [0, 0.1) is 27.2 Å². The number of hydrogen-bond donors (Lipinski definition) is 0. The molecular formula is C20H18N2O4. The molecule has 0 atom stereocenters. The number of nitro groups is 2. The summed E-state index contributed by atoms with van der Waals surface area (Å²) in [4.78, 5) is 19.0. The summed E-state index contributed by atoms with van der Waals surface area (Å²) < 4.78 is 0. The van der Waals surface area contributed by atoms with Gasteiger partial charge in [-0.15, -0.1) is 0 Å². The van der Waals surface area contributed by atoms with Gasteiger partial charge in [0.15, 0.2) is 0 Å². The molecule has 0 radical (unpaired) electrons. The van der Waals surface area contributed by atoms with Gasteiger partial charge in [0.25, 0.3) is 11.4 Å². The van der Waals surface area contributed by atoms with E-state index in [1.165, 1.54) is 16.7 Å². The lowest BCUT2D eigenvalue weighted by Crippen LogP contribution is -1.90. The average Bonchev–Trinajstić information content (AvgIpc) is 2.65. The molecule has 0 bridgehead atoms. The van der Waals surface area contributed by atoms with E-state index in [1.807, 2.05) is 0 Å². The van der Waals surface area contributed by atoms with E-state index in [9.17, 15) is 20.2 Å². The quantitative estimate of drug-likeness (QED) is 0.484. The molecule has 3 aromatic carbocycles. The van der Waals surface area contributed by atoms with E-state index < -0.39 is 9.85 Å². The summed E-state index contributed by atoms with van der Waals surface area (Å²) in [5.41, 5.74) is 3.86. The summed E-state index contributed by atoms with van der Waals surface area (Å²) >= 11 is 0. The van der Waals surface area contributed by atoms with Crippen molar-refractivity contribution in [1.29, 1.82) is 0 Å². The lowest BCUT2D eigenvalue weighted by atomic mass is 10.0. The molecule has 0 saturated carbocycles. The molecule has 0 aliphatic heterocycles. The summed E-state index contributed by atoms with van der Waals surface area (Å²) in [6.45, 7) is 2.16. The van der Waals surface area contributed by atoms with Crippen molar-refractivity contribution in [2.45, 2.75) is 13.3 Å². The van der Waals surface area contributed by atoms with Crippen LogP contribution < -0.4 is 0 Å². The first kappa shape index (κ1) is 18.8. The highest BCUT2D eigenvalue weighted by Gasteiger charge is 2.08. The van der Waals surface area contributed by atoms with E-state index in [-0.39, 0.29) is 11.4 Å². The largest absolute Gasteiger partial charge is 0.269 e. The third-order valence-electron chi connectivity index (χ3n) is 3.77. The summed E-state index contributed by atoms with van der Waals surface area (Å²) in [5, 5.41) is 20.2. The predicted octanol–water partition coefficient (Wildman–Crippen LogP) is 5.09. The van der Waals surface area contributed by atoms with Crippen molar-refractivity contribution in [3.05, 3.63) is 116 Å². The molecule has 0 N–H and O–H groups in total. The molecule has 0 heterocycles.